The second-order valence-electron chi connectivity index (χ2n) is 5.81. The number of rotatable bonds is 7. The molecule has 0 saturated heterocycles. The van der Waals surface area contributed by atoms with E-state index in [0.717, 1.165) is 0 Å². The summed E-state index contributed by atoms with van der Waals surface area (Å²) in [6, 6.07) is 10.9. The number of nitrogens with zero attached hydrogens (tertiary/aromatic N) is 6. The molecule has 0 unspecified atom stereocenters. The number of hydrogen-bond acceptors (Lipinski definition) is 7. The zero-order chi connectivity index (χ0) is 19.9. The van der Waals surface area contributed by atoms with Gasteiger partial charge in [0, 0.05) is 18.4 Å². The van der Waals surface area contributed by atoms with E-state index in [1.807, 2.05) is 19.1 Å². The van der Waals surface area contributed by atoms with Crippen molar-refractivity contribution < 1.29 is 14.3 Å². The van der Waals surface area contributed by atoms with Crippen LogP contribution in [-0.2, 0) is 16.0 Å². The molecule has 0 radical (unpaired) electrons. The summed E-state index contributed by atoms with van der Waals surface area (Å²) in [7, 11) is 0. The quantitative estimate of drug-likeness (QED) is 0.576. The highest BCUT2D eigenvalue weighted by atomic mass is 16.5. The molecule has 3 aromatic rings. The van der Waals surface area contributed by atoms with Gasteiger partial charge >= 0.3 is 5.97 Å². The molecule has 2 aromatic heterocycles. The average Bonchev–Trinajstić information content (AvgIpc) is 3.21. The van der Waals surface area contributed by atoms with E-state index in [9.17, 15) is 9.59 Å². The van der Waals surface area contributed by atoms with E-state index in [1.165, 1.54) is 21.9 Å². The highest BCUT2D eigenvalue weighted by Crippen LogP contribution is 2.15. The SMILES string of the molecule is CCc1c(C(=O)OCC(=O)N(CCC#N)c2ccccc2)cnc2ncnn12. The molecule has 3 rings (SSSR count). The first-order chi connectivity index (χ1) is 13.7. The fourth-order valence-electron chi connectivity index (χ4n) is 2.79. The number of carbonyl (C=O) groups excluding carboxylic acids is 2. The van der Waals surface area contributed by atoms with E-state index in [-0.39, 0.29) is 18.5 Å². The summed E-state index contributed by atoms with van der Waals surface area (Å²) in [5.41, 5.74) is 1.47. The maximum atomic E-state index is 12.6. The number of fused-ring (bicyclic) bond motifs is 1. The maximum absolute atomic E-state index is 12.6. The number of anilines is 1. The number of hydrogen-bond donors (Lipinski definition) is 0. The Kier molecular flexibility index (Phi) is 5.91. The number of nitriles is 1. The van der Waals surface area contributed by atoms with Crippen molar-refractivity contribution in [3.8, 4) is 6.07 Å². The van der Waals surface area contributed by atoms with E-state index < -0.39 is 18.5 Å². The maximum Gasteiger partial charge on any atom is 0.342 e. The minimum atomic E-state index is -0.664. The number of esters is 1. The summed E-state index contributed by atoms with van der Waals surface area (Å²) in [6.45, 7) is 1.64. The Morgan fingerprint density at radius 3 is 2.75 bits per heavy atom. The van der Waals surface area contributed by atoms with Crippen LogP contribution in [0.5, 0.6) is 0 Å². The molecule has 0 aliphatic rings. The summed E-state index contributed by atoms with van der Waals surface area (Å²) in [4.78, 5) is 34.6. The number of benzene rings is 1. The van der Waals surface area contributed by atoms with Gasteiger partial charge in [0.1, 0.15) is 6.33 Å². The molecule has 9 heteroatoms. The van der Waals surface area contributed by atoms with Crippen LogP contribution in [0.1, 0.15) is 29.4 Å². The molecule has 0 aliphatic carbocycles. The standard InChI is InChI=1S/C19H18N6O3/c1-2-16-15(11-21-19-22-13-23-25(16)19)18(27)28-12-17(26)24(10-6-9-20)14-7-4-3-5-8-14/h3-5,7-8,11,13H,2,6,10,12H2,1H3. The summed E-state index contributed by atoms with van der Waals surface area (Å²) in [6.07, 6.45) is 3.41. The second-order valence-corrected chi connectivity index (χ2v) is 5.81. The molecule has 9 nitrogen and oxygen atoms in total. The third-order valence-corrected chi connectivity index (χ3v) is 4.10. The summed E-state index contributed by atoms with van der Waals surface area (Å²) in [5.74, 6) is -0.692. The van der Waals surface area contributed by atoms with Gasteiger partial charge in [-0.15, -0.1) is 0 Å². The van der Waals surface area contributed by atoms with Crippen LogP contribution < -0.4 is 4.90 Å². The molecular formula is C19H18N6O3. The molecule has 0 atom stereocenters. The average molecular weight is 378 g/mol. The first-order valence-electron chi connectivity index (χ1n) is 8.72. The Morgan fingerprint density at radius 1 is 1.25 bits per heavy atom. The molecule has 0 spiro atoms. The number of carbonyl (C=O) groups is 2. The zero-order valence-electron chi connectivity index (χ0n) is 15.3. The normalized spacial score (nSPS) is 10.4. The van der Waals surface area contributed by atoms with Crippen molar-refractivity contribution in [3.05, 3.63) is 54.1 Å². The van der Waals surface area contributed by atoms with Crippen LogP contribution in [0.2, 0.25) is 0 Å². The lowest BCUT2D eigenvalue weighted by atomic mass is 10.2. The molecule has 0 fully saturated rings. The van der Waals surface area contributed by atoms with E-state index >= 15 is 0 Å². The van der Waals surface area contributed by atoms with Crippen LogP contribution >= 0.6 is 0 Å². The number of aryl methyl sites for hydroxylation is 1. The fourth-order valence-corrected chi connectivity index (χ4v) is 2.79. The number of ether oxygens (including phenoxy) is 1. The van der Waals surface area contributed by atoms with Crippen molar-refractivity contribution in [2.45, 2.75) is 19.8 Å². The van der Waals surface area contributed by atoms with Gasteiger partial charge in [0.05, 0.1) is 23.7 Å². The largest absolute Gasteiger partial charge is 0.452 e. The molecule has 0 N–H and O–H groups in total. The lowest BCUT2D eigenvalue weighted by Crippen LogP contribution is -2.35. The van der Waals surface area contributed by atoms with Crippen molar-refractivity contribution in [2.75, 3.05) is 18.1 Å². The Hall–Kier alpha value is -3.80. The van der Waals surface area contributed by atoms with Gasteiger partial charge in [0.25, 0.3) is 11.7 Å². The minimum Gasteiger partial charge on any atom is -0.452 e. The number of aromatic nitrogens is 4. The molecular weight excluding hydrogens is 360 g/mol. The molecule has 0 saturated carbocycles. The van der Waals surface area contributed by atoms with Gasteiger partial charge in [-0.1, -0.05) is 25.1 Å². The summed E-state index contributed by atoms with van der Waals surface area (Å²) >= 11 is 0. The summed E-state index contributed by atoms with van der Waals surface area (Å²) in [5, 5.41) is 12.9. The van der Waals surface area contributed by atoms with Gasteiger partial charge in [-0.25, -0.2) is 14.3 Å². The second kappa shape index (κ2) is 8.73. The van der Waals surface area contributed by atoms with Crippen LogP contribution in [0.4, 0.5) is 5.69 Å². The first-order valence-corrected chi connectivity index (χ1v) is 8.72. The van der Waals surface area contributed by atoms with E-state index in [0.29, 0.717) is 23.6 Å². The molecule has 0 aliphatic heterocycles. The molecule has 0 bridgehead atoms. The van der Waals surface area contributed by atoms with Crippen molar-refractivity contribution in [3.63, 3.8) is 0 Å². The van der Waals surface area contributed by atoms with Crippen LogP contribution in [0.3, 0.4) is 0 Å². The van der Waals surface area contributed by atoms with Gasteiger partial charge in [-0.05, 0) is 18.6 Å². The topological polar surface area (TPSA) is 113 Å². The molecule has 28 heavy (non-hydrogen) atoms. The number of amides is 1. The van der Waals surface area contributed by atoms with Crippen LogP contribution in [0.15, 0.2) is 42.9 Å². The Balaban J connectivity index is 1.74. The molecule has 142 valence electrons. The third-order valence-electron chi connectivity index (χ3n) is 4.10. The van der Waals surface area contributed by atoms with Crippen molar-refractivity contribution in [2.24, 2.45) is 0 Å². The van der Waals surface area contributed by atoms with Gasteiger partial charge < -0.3 is 9.64 Å². The monoisotopic (exact) mass is 378 g/mol. The smallest absolute Gasteiger partial charge is 0.342 e. The van der Waals surface area contributed by atoms with Crippen LogP contribution in [0, 0.1) is 11.3 Å². The third kappa shape index (κ3) is 3.96. The van der Waals surface area contributed by atoms with Gasteiger partial charge in [-0.2, -0.15) is 15.3 Å². The Bertz CT molecular complexity index is 1030. The number of para-hydroxylation sites is 1. The van der Waals surface area contributed by atoms with Crippen LogP contribution in [0.25, 0.3) is 5.78 Å². The first kappa shape index (κ1) is 19.0. The molecule has 1 amide bonds. The molecule has 1 aromatic carbocycles. The zero-order valence-corrected chi connectivity index (χ0v) is 15.3. The van der Waals surface area contributed by atoms with E-state index in [2.05, 4.69) is 15.1 Å². The predicted molar refractivity (Wildman–Crippen MR) is 99.5 cm³/mol. The molecule has 2 heterocycles. The fraction of sp³-hybridized carbons (Fsp3) is 0.263. The van der Waals surface area contributed by atoms with Crippen molar-refractivity contribution >= 4 is 23.3 Å². The Labute approximate surface area is 161 Å². The highest BCUT2D eigenvalue weighted by Gasteiger charge is 2.21. The van der Waals surface area contributed by atoms with E-state index in [1.54, 1.807) is 24.3 Å². The van der Waals surface area contributed by atoms with Gasteiger partial charge in [0.15, 0.2) is 6.61 Å². The van der Waals surface area contributed by atoms with Gasteiger partial charge in [-0.3, -0.25) is 4.79 Å². The predicted octanol–water partition coefficient (Wildman–Crippen LogP) is 1.79. The van der Waals surface area contributed by atoms with E-state index in [4.69, 9.17) is 10.00 Å². The minimum absolute atomic E-state index is 0.168. The lowest BCUT2D eigenvalue weighted by molar-refractivity contribution is -0.121. The Morgan fingerprint density at radius 2 is 2.04 bits per heavy atom. The van der Waals surface area contributed by atoms with Crippen molar-refractivity contribution in [1.29, 1.82) is 5.26 Å². The van der Waals surface area contributed by atoms with Gasteiger partial charge in [0.2, 0.25) is 0 Å². The lowest BCUT2D eigenvalue weighted by Gasteiger charge is -2.21. The van der Waals surface area contributed by atoms with Crippen molar-refractivity contribution in [1.82, 2.24) is 19.6 Å². The summed E-state index contributed by atoms with van der Waals surface area (Å²) < 4.78 is 6.70. The van der Waals surface area contributed by atoms with Crippen LogP contribution in [-0.4, -0.2) is 44.6 Å². The highest BCUT2D eigenvalue weighted by molar-refractivity contribution is 5.97.